The zero-order chi connectivity index (χ0) is 25.0. The number of nitrogens with zero attached hydrogens (tertiary/aromatic N) is 4. The molecule has 2 heterocycles. The first-order valence-electron chi connectivity index (χ1n) is 10.7. The van der Waals surface area contributed by atoms with Gasteiger partial charge in [-0.25, -0.2) is 13.6 Å². The topological polar surface area (TPSA) is 151 Å². The predicted octanol–water partition coefficient (Wildman–Crippen LogP) is 0.828. The third-order valence-electron chi connectivity index (χ3n) is 5.46. The van der Waals surface area contributed by atoms with Gasteiger partial charge in [0, 0.05) is 37.5 Å². The molecule has 3 N–H and O–H groups in total. The van der Waals surface area contributed by atoms with Gasteiger partial charge in [-0.2, -0.15) is 0 Å². The highest BCUT2D eigenvalue weighted by Gasteiger charge is 2.13. The number of hydrogen-bond donors (Lipinski definition) is 2. The number of aryl methyl sites for hydroxylation is 1. The number of fused-ring (bicyclic) bond motifs is 1. The minimum atomic E-state index is -3.73. The highest BCUT2D eigenvalue weighted by Crippen LogP contribution is 2.14. The maximum atomic E-state index is 12.9. The predicted molar refractivity (Wildman–Crippen MR) is 128 cm³/mol. The van der Waals surface area contributed by atoms with Crippen LogP contribution < -0.4 is 20.8 Å². The molecule has 0 aliphatic heterocycles. The summed E-state index contributed by atoms with van der Waals surface area (Å²) in [7, 11) is -2.16. The summed E-state index contributed by atoms with van der Waals surface area (Å²) in [6.07, 6.45) is 4.34. The lowest BCUT2D eigenvalue weighted by Crippen LogP contribution is -2.26. The van der Waals surface area contributed by atoms with Crippen LogP contribution in [-0.4, -0.2) is 47.1 Å². The van der Waals surface area contributed by atoms with E-state index in [1.54, 1.807) is 60.3 Å². The van der Waals surface area contributed by atoms with Gasteiger partial charge < -0.3 is 10.1 Å². The van der Waals surface area contributed by atoms with Crippen molar-refractivity contribution in [3.05, 3.63) is 82.7 Å². The summed E-state index contributed by atoms with van der Waals surface area (Å²) in [6.45, 7) is 0.390. The number of carbonyl (C=O) groups is 1. The van der Waals surface area contributed by atoms with Crippen molar-refractivity contribution in [1.29, 1.82) is 0 Å². The van der Waals surface area contributed by atoms with E-state index < -0.39 is 10.0 Å². The van der Waals surface area contributed by atoms with Crippen molar-refractivity contribution >= 4 is 21.6 Å². The van der Waals surface area contributed by atoms with Crippen LogP contribution in [0.4, 0.5) is 0 Å². The number of benzene rings is 2. The van der Waals surface area contributed by atoms with Crippen molar-refractivity contribution in [1.82, 2.24) is 24.5 Å². The summed E-state index contributed by atoms with van der Waals surface area (Å²) in [5.74, 6) is 1.02. The van der Waals surface area contributed by atoms with Crippen LogP contribution in [0.1, 0.15) is 17.8 Å². The van der Waals surface area contributed by atoms with E-state index in [9.17, 15) is 18.0 Å². The fraction of sp³-hybridized carbons (Fsp3) is 0.217. The van der Waals surface area contributed by atoms with Gasteiger partial charge in [-0.3, -0.25) is 18.6 Å². The number of carbonyl (C=O) groups excluding carboxylic acids is 1. The number of ether oxygens (including phenoxy) is 1. The second kappa shape index (κ2) is 10.1. The van der Waals surface area contributed by atoms with Crippen molar-refractivity contribution in [3.8, 4) is 11.4 Å². The number of methoxy groups -OCH3 is 1. The van der Waals surface area contributed by atoms with Gasteiger partial charge in [-0.05, 0) is 48.4 Å². The molecule has 11 nitrogen and oxygen atoms in total. The Morgan fingerprint density at radius 2 is 1.74 bits per heavy atom. The van der Waals surface area contributed by atoms with Gasteiger partial charge in [0.15, 0.2) is 0 Å². The third kappa shape index (κ3) is 5.55. The number of rotatable bonds is 9. The molecule has 4 rings (SSSR count). The van der Waals surface area contributed by atoms with Gasteiger partial charge in [0.2, 0.25) is 21.6 Å². The lowest BCUT2D eigenvalue weighted by molar-refractivity contribution is -0.121. The molecule has 35 heavy (non-hydrogen) atoms. The van der Waals surface area contributed by atoms with Crippen LogP contribution in [0, 0.1) is 0 Å². The molecule has 0 saturated carbocycles. The number of hydrogen-bond acceptors (Lipinski definition) is 7. The van der Waals surface area contributed by atoms with Gasteiger partial charge in [-0.15, -0.1) is 10.2 Å². The molecule has 0 bridgehead atoms. The summed E-state index contributed by atoms with van der Waals surface area (Å²) in [4.78, 5) is 25.2. The highest BCUT2D eigenvalue weighted by atomic mass is 32.2. The molecule has 0 saturated heterocycles. The van der Waals surface area contributed by atoms with Crippen molar-refractivity contribution in [3.63, 3.8) is 0 Å². The zero-order valence-electron chi connectivity index (χ0n) is 18.9. The average Bonchev–Trinajstić information content (AvgIpc) is 3.27. The second-order valence-electron chi connectivity index (χ2n) is 7.77. The molecule has 182 valence electrons. The SMILES string of the molecule is COc1ccc(-n2ccn3c(CCC(=O)NCCc4ccc(S(N)(=O)=O)cc4)nnc3c2=O)cc1. The van der Waals surface area contributed by atoms with E-state index >= 15 is 0 Å². The van der Waals surface area contributed by atoms with Crippen LogP contribution in [0.3, 0.4) is 0 Å². The van der Waals surface area contributed by atoms with Gasteiger partial charge in [-0.1, -0.05) is 12.1 Å². The first-order chi connectivity index (χ1) is 16.8. The Hall–Kier alpha value is -4.03. The quantitative estimate of drug-likeness (QED) is 0.348. The summed E-state index contributed by atoms with van der Waals surface area (Å²) in [5.41, 5.74) is 1.38. The number of nitrogens with two attached hydrogens (primary N) is 1. The highest BCUT2D eigenvalue weighted by molar-refractivity contribution is 7.89. The van der Waals surface area contributed by atoms with Crippen molar-refractivity contribution in [2.24, 2.45) is 5.14 Å². The molecule has 0 fully saturated rings. The van der Waals surface area contributed by atoms with Crippen LogP contribution in [0.15, 0.2) is 70.6 Å². The fourth-order valence-electron chi connectivity index (χ4n) is 3.56. The number of aromatic nitrogens is 4. The first-order valence-corrected chi connectivity index (χ1v) is 12.3. The van der Waals surface area contributed by atoms with Gasteiger partial charge >= 0.3 is 5.56 Å². The molecule has 0 aliphatic carbocycles. The molecule has 0 atom stereocenters. The average molecular weight is 497 g/mol. The van der Waals surface area contributed by atoms with Crippen LogP contribution >= 0.6 is 0 Å². The van der Waals surface area contributed by atoms with Crippen LogP contribution in [0.25, 0.3) is 11.3 Å². The molecule has 0 spiro atoms. The lowest BCUT2D eigenvalue weighted by atomic mass is 10.1. The van der Waals surface area contributed by atoms with E-state index in [-0.39, 0.29) is 28.4 Å². The molecule has 2 aromatic carbocycles. The molecule has 4 aromatic rings. The summed E-state index contributed by atoms with van der Waals surface area (Å²) < 4.78 is 30.8. The van der Waals surface area contributed by atoms with Gasteiger partial charge in [0.25, 0.3) is 0 Å². The van der Waals surface area contributed by atoms with E-state index in [4.69, 9.17) is 9.88 Å². The summed E-state index contributed by atoms with van der Waals surface area (Å²) in [5, 5.41) is 16.0. The Labute approximate surface area is 201 Å². The lowest BCUT2D eigenvalue weighted by Gasteiger charge is -2.08. The van der Waals surface area contributed by atoms with E-state index in [0.717, 1.165) is 5.56 Å². The number of sulfonamides is 1. The van der Waals surface area contributed by atoms with Gasteiger partial charge in [0.1, 0.15) is 11.6 Å². The van der Waals surface area contributed by atoms with Crippen LogP contribution in [-0.2, 0) is 27.7 Å². The second-order valence-corrected chi connectivity index (χ2v) is 9.33. The molecule has 12 heteroatoms. The Kier molecular flexibility index (Phi) is 6.94. The monoisotopic (exact) mass is 496 g/mol. The zero-order valence-corrected chi connectivity index (χ0v) is 19.7. The minimum absolute atomic E-state index is 0.0431. The largest absolute Gasteiger partial charge is 0.497 e. The van der Waals surface area contributed by atoms with E-state index in [0.29, 0.717) is 36.6 Å². The fourth-order valence-corrected chi connectivity index (χ4v) is 4.07. The molecule has 0 radical (unpaired) electrons. The third-order valence-corrected chi connectivity index (χ3v) is 6.38. The molecule has 0 aliphatic rings. The van der Waals surface area contributed by atoms with Crippen molar-refractivity contribution in [2.75, 3.05) is 13.7 Å². The maximum absolute atomic E-state index is 12.9. The summed E-state index contributed by atoms with van der Waals surface area (Å²) in [6, 6.07) is 13.3. The van der Waals surface area contributed by atoms with E-state index in [1.807, 2.05) is 0 Å². The van der Waals surface area contributed by atoms with Crippen molar-refractivity contribution in [2.45, 2.75) is 24.2 Å². The normalized spacial score (nSPS) is 11.5. The Bertz CT molecular complexity index is 1510. The Morgan fingerprint density at radius 3 is 2.40 bits per heavy atom. The van der Waals surface area contributed by atoms with E-state index in [1.165, 1.54) is 16.7 Å². The number of primary sulfonamides is 1. The van der Waals surface area contributed by atoms with Crippen LogP contribution in [0.2, 0.25) is 0 Å². The molecular formula is C23H24N6O5S. The minimum Gasteiger partial charge on any atom is -0.497 e. The Morgan fingerprint density at radius 1 is 1.03 bits per heavy atom. The molecule has 1 amide bonds. The number of nitrogens with one attached hydrogen (secondary N) is 1. The first kappa shape index (κ1) is 24.1. The van der Waals surface area contributed by atoms with E-state index in [2.05, 4.69) is 15.5 Å². The molecular weight excluding hydrogens is 472 g/mol. The smallest absolute Gasteiger partial charge is 0.300 e. The number of amides is 1. The molecule has 2 aromatic heterocycles. The summed E-state index contributed by atoms with van der Waals surface area (Å²) >= 11 is 0. The Balaban J connectivity index is 1.34. The van der Waals surface area contributed by atoms with Crippen molar-refractivity contribution < 1.29 is 17.9 Å². The maximum Gasteiger partial charge on any atom is 0.300 e. The molecule has 0 unspecified atom stereocenters. The standard InChI is InChI=1S/C23H24N6O5S/c1-34-18-6-4-17(5-7-18)28-14-15-29-20(26-27-22(29)23(28)31)10-11-21(30)25-13-12-16-2-8-19(9-3-16)35(24,32)33/h2-9,14-15H,10-13H2,1H3,(H,25,30)(H2,24,32,33). The van der Waals surface area contributed by atoms with Gasteiger partial charge in [0.05, 0.1) is 12.0 Å². The van der Waals surface area contributed by atoms with Crippen LogP contribution in [0.5, 0.6) is 5.75 Å².